The average molecular weight is 284 g/mol. The van der Waals surface area contributed by atoms with Crippen molar-refractivity contribution in [3.05, 3.63) is 34.8 Å². The molecule has 2 aromatic rings. The first-order valence-electron chi connectivity index (χ1n) is 4.53. The van der Waals surface area contributed by atoms with Crippen LogP contribution in [0.15, 0.2) is 33.7 Å². The largest absolute Gasteiger partial charge is 0.472 e. The summed E-state index contributed by atoms with van der Waals surface area (Å²) in [7, 11) is 0. The summed E-state index contributed by atoms with van der Waals surface area (Å²) in [6, 6.07) is 1.88. The van der Waals surface area contributed by atoms with Gasteiger partial charge in [0.15, 0.2) is 0 Å². The predicted molar refractivity (Wildman–Crippen MR) is 63.6 cm³/mol. The number of anilines is 2. The van der Waals surface area contributed by atoms with E-state index in [9.17, 15) is 0 Å². The second kappa shape index (κ2) is 4.95. The Morgan fingerprint density at radius 1 is 1.50 bits per heavy atom. The van der Waals surface area contributed by atoms with Crippen molar-refractivity contribution in [3.63, 3.8) is 0 Å². The van der Waals surface area contributed by atoms with Gasteiger partial charge in [0.05, 0.1) is 17.0 Å². The molecule has 16 heavy (non-hydrogen) atoms. The van der Waals surface area contributed by atoms with Gasteiger partial charge in [-0.05, 0) is 22.0 Å². The van der Waals surface area contributed by atoms with E-state index in [2.05, 4.69) is 36.6 Å². The van der Waals surface area contributed by atoms with Crippen LogP contribution in [0.25, 0.3) is 0 Å². The van der Waals surface area contributed by atoms with Crippen LogP contribution in [0.1, 0.15) is 5.56 Å². The van der Waals surface area contributed by atoms with E-state index in [0.29, 0.717) is 18.3 Å². The Kier molecular flexibility index (Phi) is 3.37. The van der Waals surface area contributed by atoms with Gasteiger partial charge in [-0.2, -0.15) is 4.98 Å². The van der Waals surface area contributed by atoms with Crippen LogP contribution in [-0.2, 0) is 6.54 Å². The van der Waals surface area contributed by atoms with Crippen LogP contribution in [0.4, 0.5) is 11.8 Å². The zero-order chi connectivity index (χ0) is 11.4. The SMILES string of the molecule is NNc1ncc(Br)c(NCc2ccoc2)n1. The molecule has 6 nitrogen and oxygen atoms in total. The van der Waals surface area contributed by atoms with Crippen LogP contribution in [0.2, 0.25) is 0 Å². The molecule has 0 bridgehead atoms. The molecule has 0 unspecified atom stereocenters. The summed E-state index contributed by atoms with van der Waals surface area (Å²) in [4.78, 5) is 8.10. The Balaban J connectivity index is 2.08. The maximum Gasteiger partial charge on any atom is 0.239 e. The zero-order valence-corrected chi connectivity index (χ0v) is 9.86. The lowest BCUT2D eigenvalue weighted by molar-refractivity contribution is 0.564. The minimum absolute atomic E-state index is 0.359. The van der Waals surface area contributed by atoms with E-state index in [1.165, 1.54) is 0 Å². The van der Waals surface area contributed by atoms with E-state index in [1.54, 1.807) is 18.7 Å². The summed E-state index contributed by atoms with van der Waals surface area (Å²) < 4.78 is 5.73. The van der Waals surface area contributed by atoms with Crippen molar-refractivity contribution in [3.8, 4) is 0 Å². The second-order valence-electron chi connectivity index (χ2n) is 3.02. The highest BCUT2D eigenvalue weighted by atomic mass is 79.9. The molecule has 0 aliphatic rings. The Hall–Kier alpha value is -1.60. The zero-order valence-electron chi connectivity index (χ0n) is 8.27. The number of rotatable bonds is 4. The van der Waals surface area contributed by atoms with Crippen molar-refractivity contribution in [2.75, 3.05) is 10.7 Å². The fourth-order valence-electron chi connectivity index (χ4n) is 1.14. The maximum atomic E-state index is 5.23. The number of aromatic nitrogens is 2. The molecule has 0 aromatic carbocycles. The molecule has 0 amide bonds. The molecule has 0 aliphatic carbocycles. The van der Waals surface area contributed by atoms with E-state index in [-0.39, 0.29) is 0 Å². The first-order valence-corrected chi connectivity index (χ1v) is 5.33. The van der Waals surface area contributed by atoms with Crippen molar-refractivity contribution in [1.29, 1.82) is 0 Å². The van der Waals surface area contributed by atoms with Crippen LogP contribution in [0, 0.1) is 0 Å². The molecule has 4 N–H and O–H groups in total. The quantitative estimate of drug-likeness (QED) is 0.585. The molecule has 0 saturated carbocycles. The summed E-state index contributed by atoms with van der Waals surface area (Å²) in [5, 5.41) is 3.14. The lowest BCUT2D eigenvalue weighted by atomic mass is 10.3. The molecular formula is C9H10BrN5O. The van der Waals surface area contributed by atoms with Crippen LogP contribution in [-0.4, -0.2) is 9.97 Å². The van der Waals surface area contributed by atoms with Gasteiger partial charge in [0, 0.05) is 18.3 Å². The summed E-state index contributed by atoms with van der Waals surface area (Å²) in [5.74, 6) is 6.26. The van der Waals surface area contributed by atoms with E-state index in [4.69, 9.17) is 10.3 Å². The van der Waals surface area contributed by atoms with E-state index < -0.39 is 0 Å². The van der Waals surface area contributed by atoms with Crippen molar-refractivity contribution in [1.82, 2.24) is 9.97 Å². The van der Waals surface area contributed by atoms with Gasteiger partial charge >= 0.3 is 0 Å². The van der Waals surface area contributed by atoms with Crippen LogP contribution < -0.4 is 16.6 Å². The first-order chi connectivity index (χ1) is 7.79. The van der Waals surface area contributed by atoms with Crippen LogP contribution in [0.5, 0.6) is 0 Å². The highest BCUT2D eigenvalue weighted by molar-refractivity contribution is 9.10. The molecule has 0 spiro atoms. The minimum atomic E-state index is 0.359. The number of nitrogens with two attached hydrogens (primary N) is 1. The molecule has 2 aromatic heterocycles. The monoisotopic (exact) mass is 283 g/mol. The number of hydrazine groups is 1. The topological polar surface area (TPSA) is 89.0 Å². The van der Waals surface area contributed by atoms with Gasteiger partial charge in [-0.3, -0.25) is 5.43 Å². The smallest absolute Gasteiger partial charge is 0.239 e. The number of halogens is 1. The van der Waals surface area contributed by atoms with Gasteiger partial charge in [0.2, 0.25) is 5.95 Å². The molecule has 2 rings (SSSR count). The van der Waals surface area contributed by atoms with Gasteiger partial charge in [-0.25, -0.2) is 10.8 Å². The molecule has 0 atom stereocenters. The normalized spacial score (nSPS) is 10.1. The highest BCUT2D eigenvalue weighted by Crippen LogP contribution is 2.20. The first kappa shape index (κ1) is 10.9. The number of nitrogens with zero attached hydrogens (tertiary/aromatic N) is 2. The molecular weight excluding hydrogens is 274 g/mol. The number of nitrogens with one attached hydrogen (secondary N) is 2. The Morgan fingerprint density at radius 2 is 2.38 bits per heavy atom. The van der Waals surface area contributed by atoms with Crippen LogP contribution in [0.3, 0.4) is 0 Å². The fourth-order valence-corrected chi connectivity index (χ4v) is 1.47. The Bertz CT molecular complexity index is 459. The third kappa shape index (κ3) is 2.50. The average Bonchev–Trinajstić information content (AvgIpc) is 2.81. The third-order valence-electron chi connectivity index (χ3n) is 1.91. The van der Waals surface area contributed by atoms with E-state index in [1.807, 2.05) is 6.07 Å². The van der Waals surface area contributed by atoms with Crippen LogP contribution >= 0.6 is 15.9 Å². The van der Waals surface area contributed by atoms with E-state index in [0.717, 1.165) is 10.0 Å². The molecule has 0 radical (unpaired) electrons. The lowest BCUT2D eigenvalue weighted by Crippen LogP contribution is -2.12. The standard InChI is InChI=1S/C9H10BrN5O/c10-7-4-13-9(15-11)14-8(7)12-3-6-1-2-16-5-6/h1-2,4-5H,3,11H2,(H2,12,13,14,15). The summed E-state index contributed by atoms with van der Waals surface area (Å²) in [5.41, 5.74) is 3.42. The molecule has 2 heterocycles. The number of furan rings is 1. The lowest BCUT2D eigenvalue weighted by Gasteiger charge is -2.07. The molecule has 0 fully saturated rings. The summed E-state index contributed by atoms with van der Waals surface area (Å²) >= 11 is 3.34. The van der Waals surface area contributed by atoms with Crippen molar-refractivity contribution < 1.29 is 4.42 Å². The number of hydrogen-bond acceptors (Lipinski definition) is 6. The van der Waals surface area contributed by atoms with Gasteiger partial charge in [0.1, 0.15) is 5.82 Å². The maximum absolute atomic E-state index is 5.23. The summed E-state index contributed by atoms with van der Waals surface area (Å²) in [6.45, 7) is 0.621. The van der Waals surface area contributed by atoms with Crippen molar-refractivity contribution in [2.45, 2.75) is 6.54 Å². The van der Waals surface area contributed by atoms with Gasteiger partial charge in [-0.1, -0.05) is 0 Å². The third-order valence-corrected chi connectivity index (χ3v) is 2.49. The number of nitrogen functional groups attached to an aromatic ring is 1. The second-order valence-corrected chi connectivity index (χ2v) is 3.87. The summed E-state index contributed by atoms with van der Waals surface area (Å²) in [6.07, 6.45) is 4.92. The Morgan fingerprint density at radius 3 is 3.06 bits per heavy atom. The predicted octanol–water partition coefficient (Wildman–Crippen LogP) is 1.73. The molecule has 7 heteroatoms. The highest BCUT2D eigenvalue weighted by Gasteiger charge is 2.04. The van der Waals surface area contributed by atoms with Gasteiger partial charge in [-0.15, -0.1) is 0 Å². The molecule has 84 valence electrons. The van der Waals surface area contributed by atoms with Gasteiger partial charge < -0.3 is 9.73 Å². The fraction of sp³-hybridized carbons (Fsp3) is 0.111. The molecule has 0 aliphatic heterocycles. The van der Waals surface area contributed by atoms with Crippen molar-refractivity contribution >= 4 is 27.7 Å². The van der Waals surface area contributed by atoms with Crippen molar-refractivity contribution in [2.24, 2.45) is 5.84 Å². The number of hydrogen-bond donors (Lipinski definition) is 3. The van der Waals surface area contributed by atoms with Gasteiger partial charge in [0.25, 0.3) is 0 Å². The van der Waals surface area contributed by atoms with E-state index >= 15 is 0 Å². The molecule has 0 saturated heterocycles. The Labute approximate surface area is 100 Å². The minimum Gasteiger partial charge on any atom is -0.472 e.